The molecule has 18 heavy (non-hydrogen) atoms. The van der Waals surface area contributed by atoms with E-state index in [1.165, 1.54) is 11.8 Å². The van der Waals surface area contributed by atoms with Gasteiger partial charge in [0.25, 0.3) is 0 Å². The van der Waals surface area contributed by atoms with E-state index in [1.807, 2.05) is 12.3 Å². The molecule has 1 unspecified atom stereocenters. The minimum Gasteiger partial charge on any atom is -0.377 e. The molecule has 0 saturated carbocycles. The fourth-order valence-corrected chi connectivity index (χ4v) is 2.81. The van der Waals surface area contributed by atoms with Crippen LogP contribution in [0.4, 0.5) is 5.82 Å². The van der Waals surface area contributed by atoms with Gasteiger partial charge in [-0.2, -0.15) is 0 Å². The van der Waals surface area contributed by atoms with Gasteiger partial charge in [-0.15, -0.1) is 0 Å². The number of aromatic nitrogens is 2. The molecule has 1 aromatic heterocycles. The highest BCUT2D eigenvalue weighted by atomic mass is 35.5. The predicted octanol–water partition coefficient (Wildman–Crippen LogP) is 2.86. The maximum atomic E-state index is 6.03. The first-order valence-corrected chi connectivity index (χ1v) is 7.55. The number of hydrogen-bond donors (Lipinski definition) is 0. The molecule has 1 aromatic rings. The number of nitrogens with zero attached hydrogens (tertiary/aromatic N) is 3. The lowest BCUT2D eigenvalue weighted by Crippen LogP contribution is -2.47. The molecule has 1 aliphatic rings. The van der Waals surface area contributed by atoms with Gasteiger partial charge in [0.15, 0.2) is 5.16 Å². The zero-order valence-corrected chi connectivity index (χ0v) is 12.5. The number of anilines is 1. The summed E-state index contributed by atoms with van der Waals surface area (Å²) in [5.41, 5.74) is -0.102. The van der Waals surface area contributed by atoms with E-state index in [2.05, 4.69) is 21.8 Å². The van der Waals surface area contributed by atoms with Crippen LogP contribution in [0.1, 0.15) is 19.8 Å². The Hall–Kier alpha value is -0.520. The van der Waals surface area contributed by atoms with E-state index in [9.17, 15) is 0 Å². The van der Waals surface area contributed by atoms with Crippen LogP contribution in [0, 0.1) is 0 Å². The van der Waals surface area contributed by atoms with Crippen molar-refractivity contribution in [2.45, 2.75) is 30.5 Å². The molecule has 0 aliphatic carbocycles. The Morgan fingerprint density at radius 2 is 2.28 bits per heavy atom. The third-order valence-electron chi connectivity index (χ3n) is 3.32. The van der Waals surface area contributed by atoms with Crippen LogP contribution in [-0.2, 0) is 4.74 Å². The van der Waals surface area contributed by atoms with Gasteiger partial charge in [-0.1, -0.05) is 23.4 Å². The van der Waals surface area contributed by atoms with Crippen LogP contribution in [0.2, 0.25) is 5.15 Å². The molecule has 0 aromatic carbocycles. The second-order valence-electron chi connectivity index (χ2n) is 4.71. The second-order valence-corrected chi connectivity index (χ2v) is 5.88. The summed E-state index contributed by atoms with van der Waals surface area (Å²) in [6.07, 6.45) is 4.12. The molecule has 0 N–H and O–H groups in total. The summed E-state index contributed by atoms with van der Waals surface area (Å²) in [7, 11) is 1.77. The van der Waals surface area contributed by atoms with E-state index in [0.29, 0.717) is 10.3 Å². The first-order chi connectivity index (χ1) is 8.56. The summed E-state index contributed by atoms with van der Waals surface area (Å²) >= 11 is 7.53. The van der Waals surface area contributed by atoms with E-state index in [0.717, 1.165) is 31.7 Å². The van der Waals surface area contributed by atoms with Crippen LogP contribution in [0.3, 0.4) is 0 Å². The quantitative estimate of drug-likeness (QED) is 0.485. The first-order valence-electron chi connectivity index (χ1n) is 5.95. The van der Waals surface area contributed by atoms with E-state index in [-0.39, 0.29) is 5.60 Å². The average molecular weight is 288 g/mol. The summed E-state index contributed by atoms with van der Waals surface area (Å²) in [6, 6.07) is 1.82. The highest BCUT2D eigenvalue weighted by Crippen LogP contribution is 2.28. The zero-order valence-electron chi connectivity index (χ0n) is 10.9. The van der Waals surface area contributed by atoms with Gasteiger partial charge in [-0.3, -0.25) is 0 Å². The number of hydrogen-bond acceptors (Lipinski definition) is 5. The van der Waals surface area contributed by atoms with Crippen molar-refractivity contribution in [2.24, 2.45) is 0 Å². The molecule has 1 aliphatic heterocycles. The number of rotatable bonds is 3. The molecule has 1 fully saturated rings. The van der Waals surface area contributed by atoms with E-state index < -0.39 is 0 Å². The lowest BCUT2D eigenvalue weighted by molar-refractivity contribution is -0.00484. The number of thioether (sulfide) groups is 1. The number of ether oxygens (including phenoxy) is 1. The molecule has 2 heterocycles. The minimum atomic E-state index is -0.102. The molecule has 6 heteroatoms. The molecule has 1 atom stereocenters. The first kappa shape index (κ1) is 13.9. The summed E-state index contributed by atoms with van der Waals surface area (Å²) in [5, 5.41) is 1.20. The molecule has 0 spiro atoms. The van der Waals surface area contributed by atoms with Gasteiger partial charge in [-0.25, -0.2) is 9.97 Å². The molecule has 0 amide bonds. The van der Waals surface area contributed by atoms with Crippen molar-refractivity contribution in [2.75, 3.05) is 31.4 Å². The van der Waals surface area contributed by atoms with Crippen molar-refractivity contribution in [1.29, 1.82) is 0 Å². The lowest BCUT2D eigenvalue weighted by atomic mass is 9.95. The molecular formula is C12H18ClN3OS. The molecule has 4 nitrogen and oxygen atoms in total. The monoisotopic (exact) mass is 287 g/mol. The topological polar surface area (TPSA) is 38.2 Å². The number of piperidine rings is 1. The van der Waals surface area contributed by atoms with Gasteiger partial charge in [0.2, 0.25) is 0 Å². The van der Waals surface area contributed by atoms with Crippen molar-refractivity contribution in [3.05, 3.63) is 11.2 Å². The van der Waals surface area contributed by atoms with Crippen molar-refractivity contribution in [1.82, 2.24) is 9.97 Å². The summed E-state index contributed by atoms with van der Waals surface area (Å²) in [5.74, 6) is 0.891. The van der Waals surface area contributed by atoms with Crippen LogP contribution in [0.5, 0.6) is 0 Å². The highest BCUT2D eigenvalue weighted by Gasteiger charge is 2.31. The van der Waals surface area contributed by atoms with Crippen LogP contribution in [0.15, 0.2) is 11.2 Å². The molecule has 100 valence electrons. The lowest BCUT2D eigenvalue weighted by Gasteiger charge is -2.40. The van der Waals surface area contributed by atoms with E-state index in [1.54, 1.807) is 7.11 Å². The largest absolute Gasteiger partial charge is 0.377 e. The normalized spacial score (nSPS) is 24.3. The van der Waals surface area contributed by atoms with Gasteiger partial charge in [0, 0.05) is 26.3 Å². The van der Waals surface area contributed by atoms with E-state index in [4.69, 9.17) is 16.3 Å². The van der Waals surface area contributed by atoms with Gasteiger partial charge in [0.1, 0.15) is 11.0 Å². The summed E-state index contributed by atoms with van der Waals surface area (Å²) in [4.78, 5) is 10.9. The van der Waals surface area contributed by atoms with Crippen LogP contribution in [-0.4, -0.2) is 42.0 Å². The summed E-state index contributed by atoms with van der Waals surface area (Å²) in [6.45, 7) is 3.96. The zero-order chi connectivity index (χ0) is 13.2. The Morgan fingerprint density at radius 3 is 2.94 bits per heavy atom. The van der Waals surface area contributed by atoms with Crippen molar-refractivity contribution in [3.63, 3.8) is 0 Å². The predicted molar refractivity (Wildman–Crippen MR) is 75.7 cm³/mol. The Morgan fingerprint density at radius 1 is 1.50 bits per heavy atom. The van der Waals surface area contributed by atoms with Gasteiger partial charge in [0.05, 0.1) is 5.60 Å². The Balaban J connectivity index is 2.23. The molecular weight excluding hydrogens is 270 g/mol. The van der Waals surface area contributed by atoms with Crippen molar-refractivity contribution in [3.8, 4) is 0 Å². The number of halogens is 1. The average Bonchev–Trinajstić information content (AvgIpc) is 2.38. The van der Waals surface area contributed by atoms with Crippen LogP contribution >= 0.6 is 23.4 Å². The fourth-order valence-electron chi connectivity index (χ4n) is 2.21. The fraction of sp³-hybridized carbons (Fsp3) is 0.667. The van der Waals surface area contributed by atoms with Gasteiger partial charge < -0.3 is 9.64 Å². The Labute approximate surface area is 117 Å². The third-order valence-corrected chi connectivity index (χ3v) is 4.06. The van der Waals surface area contributed by atoms with Gasteiger partial charge >= 0.3 is 0 Å². The molecule has 2 rings (SSSR count). The third kappa shape index (κ3) is 3.08. The molecule has 1 saturated heterocycles. The molecule has 0 radical (unpaired) electrons. The SMILES string of the molecule is COC1(C)CCCN(c2cc(Cl)nc(SC)n2)C1. The Bertz CT molecular complexity index is 432. The second kappa shape index (κ2) is 5.63. The standard InChI is InChI=1S/C12H18ClN3OS/c1-12(17-2)5-4-6-16(8-12)10-7-9(13)14-11(15-10)18-3/h7H,4-6,8H2,1-3H3. The maximum absolute atomic E-state index is 6.03. The van der Waals surface area contributed by atoms with Gasteiger partial charge in [-0.05, 0) is 26.0 Å². The smallest absolute Gasteiger partial charge is 0.190 e. The highest BCUT2D eigenvalue weighted by molar-refractivity contribution is 7.98. The summed E-state index contributed by atoms with van der Waals surface area (Å²) < 4.78 is 5.59. The van der Waals surface area contributed by atoms with Crippen LogP contribution in [0.25, 0.3) is 0 Å². The molecule has 0 bridgehead atoms. The minimum absolute atomic E-state index is 0.102. The Kier molecular flexibility index (Phi) is 4.35. The maximum Gasteiger partial charge on any atom is 0.190 e. The number of methoxy groups -OCH3 is 1. The van der Waals surface area contributed by atoms with Crippen molar-refractivity contribution >= 4 is 29.2 Å². The van der Waals surface area contributed by atoms with Crippen molar-refractivity contribution < 1.29 is 4.74 Å². The van der Waals surface area contributed by atoms with Crippen LogP contribution < -0.4 is 4.90 Å². The van der Waals surface area contributed by atoms with E-state index >= 15 is 0 Å².